The van der Waals surface area contributed by atoms with Gasteiger partial charge in [0, 0.05) is 49.4 Å². The van der Waals surface area contributed by atoms with Crippen LogP contribution in [0.4, 0.5) is 26.1 Å². The van der Waals surface area contributed by atoms with Crippen molar-refractivity contribution in [1.82, 2.24) is 20.1 Å². The number of nitrogens with one attached hydrogen (secondary N) is 2. The smallest absolute Gasteiger partial charge is 0.310 e. The second-order valence-electron chi connectivity index (χ2n) is 10.2. The first kappa shape index (κ1) is 26.3. The van der Waals surface area contributed by atoms with Gasteiger partial charge in [0.05, 0.1) is 27.9 Å². The lowest BCUT2D eigenvalue weighted by Gasteiger charge is -2.40. The minimum absolute atomic E-state index is 0.0374. The number of carboxylic acids is 1. The van der Waals surface area contributed by atoms with Crippen molar-refractivity contribution in [2.45, 2.75) is 38.8 Å². The van der Waals surface area contributed by atoms with Crippen molar-refractivity contribution in [3.05, 3.63) is 63.9 Å². The van der Waals surface area contributed by atoms with Crippen molar-refractivity contribution < 1.29 is 23.8 Å². The third-order valence-electron chi connectivity index (χ3n) is 7.37. The maximum Gasteiger partial charge on any atom is 0.310 e. The molecular weight excluding hydrogens is 518 g/mol. The summed E-state index contributed by atoms with van der Waals surface area (Å²) in [5.74, 6) is -1.26. The van der Waals surface area contributed by atoms with Crippen LogP contribution in [0.5, 0.6) is 0 Å². The first-order chi connectivity index (χ1) is 18.1. The fourth-order valence-corrected chi connectivity index (χ4v) is 5.28. The number of aromatic nitrogens is 3. The average Bonchev–Trinajstić information content (AvgIpc) is 3.27. The van der Waals surface area contributed by atoms with Crippen molar-refractivity contribution in [3.63, 3.8) is 0 Å². The highest BCUT2D eigenvalue weighted by atomic mass is 35.5. The number of hydrogen-bond acceptors (Lipinski definition) is 7. The summed E-state index contributed by atoms with van der Waals surface area (Å²) < 4.78 is 30.1. The number of anilines is 3. The standard InChI is InChI=1S/C26H29ClF2N6O3/c1-15-9-22(33-32-15)31-21-10-20(35-13-17(36)14-35)24(29)19(30-21)11-26(25(37)38)5-7-34(8-6-26)12-16-3-2-4-18(27)23(16)28/h2-4,9-10,17,36H,5-8,11-14H2,1H3,(H,37,38)(H2,30,31,32,33). The number of aromatic amines is 1. The van der Waals surface area contributed by atoms with Crippen LogP contribution >= 0.6 is 11.6 Å². The molecule has 2 fully saturated rings. The molecule has 0 atom stereocenters. The number of piperidine rings is 1. The van der Waals surface area contributed by atoms with Crippen LogP contribution in [0.25, 0.3) is 0 Å². The largest absolute Gasteiger partial charge is 0.481 e. The summed E-state index contributed by atoms with van der Waals surface area (Å²) >= 11 is 5.90. The van der Waals surface area contributed by atoms with E-state index in [9.17, 15) is 19.4 Å². The lowest BCUT2D eigenvalue weighted by Crippen LogP contribution is -2.51. The fraction of sp³-hybridized carbons (Fsp3) is 0.423. The van der Waals surface area contributed by atoms with Crippen LogP contribution in [0, 0.1) is 24.0 Å². The van der Waals surface area contributed by atoms with E-state index in [1.807, 2.05) is 11.8 Å². The first-order valence-electron chi connectivity index (χ1n) is 12.4. The number of carboxylic acid groups (broad SMARTS) is 1. The van der Waals surface area contributed by atoms with E-state index in [4.69, 9.17) is 11.6 Å². The second-order valence-corrected chi connectivity index (χ2v) is 10.6. The number of carbonyl (C=O) groups is 1. The van der Waals surface area contributed by atoms with Crippen LogP contribution in [-0.2, 0) is 17.8 Å². The second kappa shape index (κ2) is 10.5. The van der Waals surface area contributed by atoms with Gasteiger partial charge in [0.15, 0.2) is 11.6 Å². The molecule has 0 radical (unpaired) electrons. The van der Waals surface area contributed by atoms with E-state index in [1.165, 1.54) is 6.07 Å². The molecule has 12 heteroatoms. The van der Waals surface area contributed by atoms with Gasteiger partial charge in [-0.05, 0) is 38.9 Å². The van der Waals surface area contributed by atoms with E-state index >= 15 is 4.39 Å². The highest BCUT2D eigenvalue weighted by Crippen LogP contribution is 2.39. The van der Waals surface area contributed by atoms with Gasteiger partial charge in [-0.3, -0.25) is 14.8 Å². The van der Waals surface area contributed by atoms with Crippen molar-refractivity contribution in [1.29, 1.82) is 0 Å². The summed E-state index contributed by atoms with van der Waals surface area (Å²) in [7, 11) is 0. The van der Waals surface area contributed by atoms with Gasteiger partial charge in [-0.1, -0.05) is 23.7 Å². The Morgan fingerprint density at radius 1 is 1.21 bits per heavy atom. The third kappa shape index (κ3) is 5.31. The summed E-state index contributed by atoms with van der Waals surface area (Å²) in [6.07, 6.45) is -0.152. The van der Waals surface area contributed by atoms with E-state index in [-0.39, 0.29) is 48.8 Å². The van der Waals surface area contributed by atoms with Crippen molar-refractivity contribution >= 4 is 34.9 Å². The molecule has 2 aromatic heterocycles. The zero-order valence-electron chi connectivity index (χ0n) is 20.8. The molecule has 0 aliphatic carbocycles. The molecule has 0 spiro atoms. The SMILES string of the molecule is Cc1cc(Nc2cc(N3CC(O)C3)c(F)c(CC3(C(=O)O)CCN(Cc4cccc(Cl)c4F)CC3)n2)n[nH]1. The molecule has 0 amide bonds. The minimum Gasteiger partial charge on any atom is -0.481 e. The first-order valence-corrected chi connectivity index (χ1v) is 12.8. The van der Waals surface area contributed by atoms with E-state index in [1.54, 1.807) is 29.2 Å². The number of halogens is 3. The lowest BCUT2D eigenvalue weighted by molar-refractivity contribution is -0.152. The number of hydrogen-bond donors (Lipinski definition) is 4. The molecule has 0 saturated carbocycles. The monoisotopic (exact) mass is 546 g/mol. The fourth-order valence-electron chi connectivity index (χ4n) is 5.08. The number of aliphatic hydroxyl groups excluding tert-OH is 1. The van der Waals surface area contributed by atoms with Gasteiger partial charge in [0.2, 0.25) is 0 Å². The molecule has 4 N–H and O–H groups in total. The number of likely N-dealkylation sites (tertiary alicyclic amines) is 1. The Morgan fingerprint density at radius 2 is 1.95 bits per heavy atom. The van der Waals surface area contributed by atoms with E-state index in [2.05, 4.69) is 20.5 Å². The van der Waals surface area contributed by atoms with E-state index in [0.29, 0.717) is 36.8 Å². The Bertz CT molecular complexity index is 1340. The minimum atomic E-state index is -1.23. The zero-order chi connectivity index (χ0) is 27.0. The Balaban J connectivity index is 1.38. The normalized spacial score (nSPS) is 17.9. The highest BCUT2D eigenvalue weighted by Gasteiger charge is 2.43. The van der Waals surface area contributed by atoms with Crippen molar-refractivity contribution in [3.8, 4) is 0 Å². The maximum absolute atomic E-state index is 15.7. The van der Waals surface area contributed by atoms with Gasteiger partial charge in [-0.15, -0.1) is 0 Å². The Hall–Kier alpha value is -3.28. The maximum atomic E-state index is 15.7. The van der Waals surface area contributed by atoms with Gasteiger partial charge >= 0.3 is 5.97 Å². The third-order valence-corrected chi connectivity index (χ3v) is 7.66. The number of aryl methyl sites for hydroxylation is 1. The van der Waals surface area contributed by atoms with Crippen LogP contribution < -0.4 is 10.2 Å². The molecule has 202 valence electrons. The van der Waals surface area contributed by atoms with Gasteiger partial charge in [-0.25, -0.2) is 13.8 Å². The number of nitrogens with zero attached hydrogens (tertiary/aromatic N) is 4. The Labute approximate surface area is 223 Å². The molecule has 2 aliphatic heterocycles. The number of benzene rings is 1. The van der Waals surface area contributed by atoms with Gasteiger partial charge < -0.3 is 20.4 Å². The number of pyridine rings is 1. The molecule has 3 aromatic rings. The van der Waals surface area contributed by atoms with Gasteiger partial charge in [-0.2, -0.15) is 5.10 Å². The predicted molar refractivity (Wildman–Crippen MR) is 139 cm³/mol. The van der Waals surface area contributed by atoms with Gasteiger partial charge in [0.1, 0.15) is 11.6 Å². The molecule has 2 aliphatic rings. The van der Waals surface area contributed by atoms with Crippen LogP contribution in [0.15, 0.2) is 30.3 Å². The Morgan fingerprint density at radius 3 is 2.58 bits per heavy atom. The molecular formula is C26H29ClF2N6O3. The van der Waals surface area contributed by atoms with Gasteiger partial charge in [0.25, 0.3) is 0 Å². The number of β-amino-alcohol motifs (C(OH)–C–C–N with tert-alkyl or cyclic N) is 1. The van der Waals surface area contributed by atoms with Crippen LogP contribution in [0.1, 0.15) is 29.8 Å². The average molecular weight is 547 g/mol. The van der Waals surface area contributed by atoms with Crippen LogP contribution in [0.3, 0.4) is 0 Å². The Kier molecular flexibility index (Phi) is 7.26. The number of aliphatic carboxylic acids is 1. The summed E-state index contributed by atoms with van der Waals surface area (Å²) in [5.41, 5.74) is 0.335. The predicted octanol–water partition coefficient (Wildman–Crippen LogP) is 3.88. The number of rotatable bonds is 8. The molecule has 5 rings (SSSR count). The van der Waals surface area contributed by atoms with E-state index in [0.717, 1.165) is 5.69 Å². The topological polar surface area (TPSA) is 118 Å². The van der Waals surface area contributed by atoms with E-state index < -0.39 is 29.1 Å². The molecule has 4 heterocycles. The van der Waals surface area contributed by atoms with Crippen molar-refractivity contribution in [2.24, 2.45) is 5.41 Å². The molecule has 2 saturated heterocycles. The molecule has 0 bridgehead atoms. The van der Waals surface area contributed by atoms with Crippen LogP contribution in [0.2, 0.25) is 5.02 Å². The van der Waals surface area contributed by atoms with Crippen molar-refractivity contribution in [2.75, 3.05) is 36.4 Å². The summed E-state index contributed by atoms with van der Waals surface area (Å²) in [4.78, 5) is 20.7. The quantitative estimate of drug-likeness (QED) is 0.336. The molecule has 0 unspecified atom stereocenters. The number of H-pyrrole nitrogens is 1. The lowest BCUT2D eigenvalue weighted by atomic mass is 9.74. The molecule has 1 aromatic carbocycles. The summed E-state index contributed by atoms with van der Waals surface area (Å²) in [6, 6.07) is 8.15. The zero-order valence-corrected chi connectivity index (χ0v) is 21.6. The molecule has 9 nitrogen and oxygen atoms in total. The summed E-state index contributed by atoms with van der Waals surface area (Å²) in [6.45, 7) is 3.50. The highest BCUT2D eigenvalue weighted by molar-refractivity contribution is 6.30. The summed E-state index contributed by atoms with van der Waals surface area (Å²) in [5, 5.41) is 30.1. The molecule has 38 heavy (non-hydrogen) atoms. The number of aliphatic hydroxyl groups is 1. The van der Waals surface area contributed by atoms with Crippen LogP contribution in [-0.4, -0.2) is 68.5 Å².